The summed E-state index contributed by atoms with van der Waals surface area (Å²) in [5.41, 5.74) is 0. The summed E-state index contributed by atoms with van der Waals surface area (Å²) in [6.07, 6.45) is -13.4. The summed E-state index contributed by atoms with van der Waals surface area (Å²) in [5, 5.41) is 64.3. The number of aliphatic imine (C=N–C) groups is 1. The number of ether oxygens (including phenoxy) is 3. The standard InChI is InChI=1S/C16H28N2O14S.Na/c1-5(20)17-9-13(24)14(8(30-15(9)25)4-29-33(26,27)28)32-16-10(18-6(2)21)12(23)11(22)7(3-19)31-16;/h7-16,19,22-25H,3-4H2,1-2H3,(H,17,20)(H,18,21)(H,26,27,28);/q;+1/p-1/t7-,8-,9-,10-,11-,12-,13-,14-,15?,16+;/m1./s1. The van der Waals surface area contributed by atoms with Crippen molar-refractivity contribution < 1.29 is 96.4 Å². The van der Waals surface area contributed by atoms with Crippen molar-refractivity contribution in [2.45, 2.75) is 75.1 Å². The predicted molar refractivity (Wildman–Crippen MR) is 102 cm³/mol. The Balaban J connectivity index is 0.00000578. The normalized spacial score (nSPS) is 39.2. The predicted octanol–water partition coefficient (Wildman–Crippen LogP) is -8.64. The minimum absolute atomic E-state index is 0. The van der Waals surface area contributed by atoms with Crippen molar-refractivity contribution in [3.05, 3.63) is 0 Å². The van der Waals surface area contributed by atoms with Gasteiger partial charge in [-0.25, -0.2) is 4.18 Å². The van der Waals surface area contributed by atoms with Crippen LogP contribution in [0.4, 0.5) is 0 Å². The van der Waals surface area contributed by atoms with Crippen molar-refractivity contribution >= 4 is 22.2 Å². The molecule has 0 aromatic rings. The molecule has 0 aromatic heterocycles. The maximum atomic E-state index is 11.6. The number of rotatable bonds is 8. The van der Waals surface area contributed by atoms with Gasteiger partial charge in [-0.1, -0.05) is 0 Å². The van der Waals surface area contributed by atoms with Gasteiger partial charge in [0.1, 0.15) is 48.7 Å². The third-order valence-electron chi connectivity index (χ3n) is 4.91. The molecule has 2 fully saturated rings. The Labute approximate surface area is 216 Å². The van der Waals surface area contributed by atoms with Crippen LogP contribution in [0.5, 0.6) is 0 Å². The van der Waals surface area contributed by atoms with Crippen molar-refractivity contribution in [2.75, 3.05) is 13.2 Å². The molecule has 0 radical (unpaired) electrons. The van der Waals surface area contributed by atoms with Gasteiger partial charge in [-0.2, -0.15) is 8.42 Å². The summed E-state index contributed by atoms with van der Waals surface area (Å²) < 4.78 is 51.2. The van der Waals surface area contributed by atoms with E-state index < -0.39 is 96.7 Å². The number of carbonyl (C=O) groups excluding carboxylic acids is 1. The van der Waals surface area contributed by atoms with Gasteiger partial charge in [0.15, 0.2) is 12.6 Å². The molecule has 192 valence electrons. The molecule has 2 saturated heterocycles. The smallest absolute Gasteiger partial charge is 0.862 e. The van der Waals surface area contributed by atoms with Crippen LogP contribution in [0.3, 0.4) is 0 Å². The van der Waals surface area contributed by atoms with Crippen LogP contribution < -0.4 is 40.0 Å². The summed E-state index contributed by atoms with van der Waals surface area (Å²) in [7, 11) is -4.97. The zero-order valence-electron chi connectivity index (χ0n) is 18.5. The van der Waals surface area contributed by atoms with Gasteiger partial charge in [-0.15, -0.1) is 0 Å². The first-order valence-corrected chi connectivity index (χ1v) is 11.0. The van der Waals surface area contributed by atoms with Crippen LogP contribution in [-0.4, -0.2) is 125 Å². The molecule has 0 aliphatic carbocycles. The van der Waals surface area contributed by atoms with Crippen molar-refractivity contribution in [2.24, 2.45) is 4.99 Å². The SMILES string of the molecule is CC(=O)N[C@H]1[C@H](O[C@H]2[C@H](O)[C@@H](N=C(C)[O-])C(O)O[C@@H]2COS(=O)(=O)O)O[C@H](CO)[C@@H](O)[C@@H]1O.[Na+]. The molecular weight excluding hydrogens is 499 g/mol. The summed E-state index contributed by atoms with van der Waals surface area (Å²) >= 11 is 0. The van der Waals surface area contributed by atoms with Gasteiger partial charge < -0.3 is 50.2 Å². The largest absolute Gasteiger partial charge is 1.00 e. The van der Waals surface area contributed by atoms with Gasteiger partial charge in [-0.05, 0) is 12.8 Å². The van der Waals surface area contributed by atoms with Crippen LogP contribution in [0.2, 0.25) is 0 Å². The fourth-order valence-electron chi connectivity index (χ4n) is 3.47. The number of nitrogens with one attached hydrogen (secondary N) is 1. The molecule has 7 N–H and O–H groups in total. The molecule has 10 atom stereocenters. The molecule has 0 spiro atoms. The number of aliphatic hydroxyl groups excluding tert-OH is 5. The number of aliphatic hydroxyl groups is 5. The molecule has 34 heavy (non-hydrogen) atoms. The molecule has 1 amide bonds. The van der Waals surface area contributed by atoms with E-state index in [1.165, 1.54) is 0 Å². The Bertz CT molecular complexity index is 812. The van der Waals surface area contributed by atoms with Crippen molar-refractivity contribution in [1.82, 2.24) is 5.32 Å². The second-order valence-corrected chi connectivity index (χ2v) is 8.53. The fraction of sp³-hybridized carbons (Fsp3) is 0.875. The molecule has 2 aliphatic rings. The van der Waals surface area contributed by atoms with E-state index in [-0.39, 0.29) is 29.6 Å². The number of hydrogen-bond acceptors (Lipinski definition) is 14. The zero-order chi connectivity index (χ0) is 25.1. The Morgan fingerprint density at radius 1 is 1.09 bits per heavy atom. The van der Waals surface area contributed by atoms with E-state index in [1.807, 2.05) is 0 Å². The fourth-order valence-corrected chi connectivity index (χ4v) is 3.77. The van der Waals surface area contributed by atoms with Gasteiger partial charge in [0.05, 0.1) is 13.2 Å². The van der Waals surface area contributed by atoms with Crippen molar-refractivity contribution in [3.8, 4) is 0 Å². The topological polar surface area (TPSA) is 257 Å². The Kier molecular flexibility index (Phi) is 12.2. The van der Waals surface area contributed by atoms with Crippen LogP contribution in [0.1, 0.15) is 13.8 Å². The quantitative estimate of drug-likeness (QED) is 0.0671. The van der Waals surface area contributed by atoms with E-state index in [0.717, 1.165) is 13.8 Å². The minimum Gasteiger partial charge on any atom is -0.862 e. The Morgan fingerprint density at radius 3 is 2.21 bits per heavy atom. The number of amides is 1. The molecule has 2 aliphatic heterocycles. The van der Waals surface area contributed by atoms with Gasteiger partial charge in [-0.3, -0.25) is 14.3 Å². The Morgan fingerprint density at radius 2 is 1.71 bits per heavy atom. The molecule has 18 heteroatoms. The number of carbonyl (C=O) groups is 1. The van der Waals surface area contributed by atoms with Crippen LogP contribution in [0.25, 0.3) is 0 Å². The van der Waals surface area contributed by atoms with Crippen molar-refractivity contribution in [1.29, 1.82) is 0 Å². The Hall–Kier alpha value is -0.510. The summed E-state index contributed by atoms with van der Waals surface area (Å²) in [5.74, 6) is -1.46. The molecular formula is C16H27N2NaO14S. The van der Waals surface area contributed by atoms with E-state index in [4.69, 9.17) is 18.8 Å². The molecule has 0 aromatic carbocycles. The van der Waals surface area contributed by atoms with Crippen LogP contribution in [0.15, 0.2) is 4.99 Å². The van der Waals surface area contributed by atoms with E-state index >= 15 is 0 Å². The zero-order valence-corrected chi connectivity index (χ0v) is 21.3. The maximum absolute atomic E-state index is 11.6. The summed E-state index contributed by atoms with van der Waals surface area (Å²) in [6, 6.07) is -3.04. The van der Waals surface area contributed by atoms with E-state index in [9.17, 15) is 43.9 Å². The van der Waals surface area contributed by atoms with Gasteiger partial charge >= 0.3 is 40.0 Å². The number of hydrogen-bond donors (Lipinski definition) is 7. The van der Waals surface area contributed by atoms with E-state index in [2.05, 4.69) is 14.5 Å². The molecule has 0 saturated carbocycles. The third-order valence-corrected chi connectivity index (χ3v) is 5.35. The molecule has 0 bridgehead atoms. The van der Waals surface area contributed by atoms with E-state index in [0.29, 0.717) is 0 Å². The first-order valence-electron chi connectivity index (χ1n) is 9.65. The average molecular weight is 526 g/mol. The third kappa shape index (κ3) is 8.27. The first-order chi connectivity index (χ1) is 15.2. The van der Waals surface area contributed by atoms with Crippen LogP contribution in [-0.2, 0) is 33.6 Å². The molecule has 2 heterocycles. The van der Waals surface area contributed by atoms with Gasteiger partial charge in [0.25, 0.3) is 0 Å². The minimum atomic E-state index is -4.97. The average Bonchev–Trinajstić information content (AvgIpc) is 2.70. The first kappa shape index (κ1) is 31.5. The van der Waals surface area contributed by atoms with Crippen LogP contribution in [0, 0.1) is 0 Å². The number of nitrogens with zero attached hydrogens (tertiary/aromatic N) is 1. The molecule has 1 unspecified atom stereocenters. The van der Waals surface area contributed by atoms with Crippen molar-refractivity contribution in [3.63, 3.8) is 0 Å². The summed E-state index contributed by atoms with van der Waals surface area (Å²) in [6.45, 7) is 0.374. The van der Waals surface area contributed by atoms with Gasteiger partial charge in [0, 0.05) is 6.92 Å². The van der Waals surface area contributed by atoms with Crippen LogP contribution >= 0.6 is 0 Å². The molecule has 16 nitrogen and oxygen atoms in total. The maximum Gasteiger partial charge on any atom is 1.00 e. The summed E-state index contributed by atoms with van der Waals surface area (Å²) in [4.78, 5) is 15.1. The molecule has 2 rings (SSSR count). The van der Waals surface area contributed by atoms with E-state index in [1.54, 1.807) is 0 Å². The second kappa shape index (κ2) is 13.2. The monoisotopic (exact) mass is 526 g/mol. The second-order valence-electron chi connectivity index (χ2n) is 7.44. The van der Waals surface area contributed by atoms with Gasteiger partial charge in [0.2, 0.25) is 5.91 Å².